The Kier molecular flexibility index (Phi) is 3.99. The summed E-state index contributed by atoms with van der Waals surface area (Å²) >= 11 is 0. The van der Waals surface area contributed by atoms with Crippen molar-refractivity contribution in [3.05, 3.63) is 5.89 Å². The summed E-state index contributed by atoms with van der Waals surface area (Å²) in [7, 11) is 1.97. The Hall–Kier alpha value is -1.10. The maximum atomic E-state index is 5.69. The lowest BCUT2D eigenvalue weighted by Crippen LogP contribution is -2.21. The first-order valence-corrected chi connectivity index (χ1v) is 6.49. The maximum absolute atomic E-state index is 5.69. The van der Waals surface area contributed by atoms with Gasteiger partial charge in [-0.3, -0.25) is 0 Å². The Bertz CT molecular complexity index is 344. The van der Waals surface area contributed by atoms with Crippen LogP contribution >= 0.6 is 0 Å². The highest BCUT2D eigenvalue weighted by molar-refractivity contribution is 5.25. The summed E-state index contributed by atoms with van der Waals surface area (Å²) in [4.78, 5) is 6.46. The van der Waals surface area contributed by atoms with Crippen LogP contribution in [-0.2, 0) is 0 Å². The molecular formula is C12H22N4O. The normalized spacial score (nSPS) is 24.9. The topological polar surface area (TPSA) is 68.2 Å². The first kappa shape index (κ1) is 12.4. The summed E-state index contributed by atoms with van der Waals surface area (Å²) in [6, 6.07) is 0. The minimum atomic E-state index is 0.435. The fourth-order valence-electron chi connectivity index (χ4n) is 2.33. The standard InChI is InChI=1S/C12H22N4O/c1-3-16(2)12-14-11(17-15-12)10-6-4-9(8-13)5-7-10/h9-10H,3-8,13H2,1-2H3. The van der Waals surface area contributed by atoms with Gasteiger partial charge in [-0.15, -0.1) is 0 Å². The summed E-state index contributed by atoms with van der Waals surface area (Å²) in [6.45, 7) is 3.77. The lowest BCUT2D eigenvalue weighted by atomic mass is 9.82. The molecule has 0 saturated heterocycles. The van der Waals surface area contributed by atoms with Crippen molar-refractivity contribution in [2.75, 3.05) is 25.0 Å². The molecule has 1 aromatic heterocycles. The zero-order valence-electron chi connectivity index (χ0n) is 10.7. The van der Waals surface area contributed by atoms with Crippen LogP contribution in [0.25, 0.3) is 0 Å². The van der Waals surface area contributed by atoms with E-state index in [2.05, 4.69) is 17.1 Å². The van der Waals surface area contributed by atoms with Crippen molar-refractivity contribution in [2.24, 2.45) is 11.7 Å². The van der Waals surface area contributed by atoms with Crippen molar-refractivity contribution in [2.45, 2.75) is 38.5 Å². The van der Waals surface area contributed by atoms with Crippen LogP contribution < -0.4 is 10.6 Å². The van der Waals surface area contributed by atoms with Gasteiger partial charge in [-0.1, -0.05) is 0 Å². The molecule has 0 atom stereocenters. The van der Waals surface area contributed by atoms with E-state index in [4.69, 9.17) is 10.3 Å². The van der Waals surface area contributed by atoms with Crippen molar-refractivity contribution in [3.63, 3.8) is 0 Å². The van der Waals surface area contributed by atoms with Crippen LogP contribution in [0, 0.1) is 5.92 Å². The van der Waals surface area contributed by atoms with E-state index in [1.165, 1.54) is 12.8 Å². The second-order valence-corrected chi connectivity index (χ2v) is 4.90. The molecule has 1 aromatic rings. The molecule has 2 N–H and O–H groups in total. The molecule has 1 aliphatic rings. The van der Waals surface area contributed by atoms with Gasteiger partial charge in [-0.25, -0.2) is 0 Å². The van der Waals surface area contributed by atoms with E-state index in [-0.39, 0.29) is 0 Å². The summed E-state index contributed by atoms with van der Waals surface area (Å²) in [5.41, 5.74) is 5.69. The molecule has 1 heterocycles. The molecule has 0 aliphatic heterocycles. The van der Waals surface area contributed by atoms with E-state index in [9.17, 15) is 0 Å². The Morgan fingerprint density at radius 2 is 2.06 bits per heavy atom. The summed E-state index contributed by atoms with van der Waals surface area (Å²) < 4.78 is 5.36. The predicted molar refractivity (Wildman–Crippen MR) is 67.0 cm³/mol. The summed E-state index contributed by atoms with van der Waals surface area (Å²) in [6.07, 6.45) is 4.61. The molecule has 1 fully saturated rings. The van der Waals surface area contributed by atoms with Gasteiger partial charge in [0.05, 0.1) is 0 Å². The molecule has 1 saturated carbocycles. The highest BCUT2D eigenvalue weighted by Crippen LogP contribution is 2.34. The summed E-state index contributed by atoms with van der Waals surface area (Å²) in [5, 5.41) is 4.02. The van der Waals surface area contributed by atoms with Crippen molar-refractivity contribution in [3.8, 4) is 0 Å². The fourth-order valence-corrected chi connectivity index (χ4v) is 2.33. The van der Waals surface area contributed by atoms with Crippen LogP contribution in [0.2, 0.25) is 0 Å². The second kappa shape index (κ2) is 5.49. The van der Waals surface area contributed by atoms with Gasteiger partial charge in [0, 0.05) is 19.5 Å². The van der Waals surface area contributed by atoms with E-state index < -0.39 is 0 Å². The van der Waals surface area contributed by atoms with Crippen LogP contribution in [-0.4, -0.2) is 30.3 Å². The van der Waals surface area contributed by atoms with Gasteiger partial charge in [0.25, 0.3) is 5.95 Å². The third-order valence-electron chi connectivity index (χ3n) is 3.78. The van der Waals surface area contributed by atoms with Gasteiger partial charge in [-0.2, -0.15) is 4.98 Å². The molecule has 0 spiro atoms. The van der Waals surface area contributed by atoms with Gasteiger partial charge in [-0.05, 0) is 50.2 Å². The van der Waals surface area contributed by atoms with Crippen molar-refractivity contribution in [1.29, 1.82) is 0 Å². The number of nitrogens with two attached hydrogens (primary N) is 1. The predicted octanol–water partition coefficient (Wildman–Crippen LogP) is 1.76. The van der Waals surface area contributed by atoms with Gasteiger partial charge in [0.2, 0.25) is 5.89 Å². The molecule has 0 bridgehead atoms. The molecule has 0 unspecified atom stereocenters. The number of nitrogens with zero attached hydrogens (tertiary/aromatic N) is 3. The third-order valence-corrected chi connectivity index (χ3v) is 3.78. The van der Waals surface area contributed by atoms with Gasteiger partial charge in [0.15, 0.2) is 0 Å². The molecule has 5 nitrogen and oxygen atoms in total. The second-order valence-electron chi connectivity index (χ2n) is 4.90. The van der Waals surface area contributed by atoms with Crippen LogP contribution in [0.5, 0.6) is 0 Å². The van der Waals surface area contributed by atoms with Crippen LogP contribution in [0.1, 0.15) is 44.4 Å². The first-order valence-electron chi connectivity index (χ1n) is 6.49. The largest absolute Gasteiger partial charge is 0.342 e. The minimum absolute atomic E-state index is 0.435. The summed E-state index contributed by atoms with van der Waals surface area (Å²) in [5.74, 6) is 2.62. The Labute approximate surface area is 102 Å². The first-order chi connectivity index (χ1) is 8.24. The van der Waals surface area contributed by atoms with Crippen molar-refractivity contribution >= 4 is 5.95 Å². The zero-order chi connectivity index (χ0) is 12.3. The minimum Gasteiger partial charge on any atom is -0.342 e. The molecule has 17 heavy (non-hydrogen) atoms. The average Bonchev–Trinajstić information content (AvgIpc) is 2.87. The van der Waals surface area contributed by atoms with E-state index in [0.29, 0.717) is 17.8 Å². The van der Waals surface area contributed by atoms with Crippen LogP contribution in [0.4, 0.5) is 5.95 Å². The number of anilines is 1. The molecule has 96 valence electrons. The maximum Gasteiger partial charge on any atom is 0.265 e. The van der Waals surface area contributed by atoms with E-state index in [1.807, 2.05) is 11.9 Å². The Balaban J connectivity index is 1.97. The van der Waals surface area contributed by atoms with E-state index >= 15 is 0 Å². The number of hydrogen-bond acceptors (Lipinski definition) is 5. The number of hydrogen-bond donors (Lipinski definition) is 1. The SMILES string of the molecule is CCN(C)c1noc(C2CCC(CN)CC2)n1. The van der Waals surface area contributed by atoms with Gasteiger partial charge in [0.1, 0.15) is 0 Å². The van der Waals surface area contributed by atoms with E-state index in [1.54, 1.807) is 0 Å². The number of aromatic nitrogens is 2. The zero-order valence-corrected chi connectivity index (χ0v) is 10.7. The van der Waals surface area contributed by atoms with Gasteiger partial charge >= 0.3 is 0 Å². The Morgan fingerprint density at radius 3 is 2.65 bits per heavy atom. The van der Waals surface area contributed by atoms with Crippen molar-refractivity contribution in [1.82, 2.24) is 10.1 Å². The highest BCUT2D eigenvalue weighted by Gasteiger charge is 2.26. The van der Waals surface area contributed by atoms with Crippen molar-refractivity contribution < 1.29 is 4.52 Å². The monoisotopic (exact) mass is 238 g/mol. The lowest BCUT2D eigenvalue weighted by molar-refractivity contribution is 0.274. The fraction of sp³-hybridized carbons (Fsp3) is 0.833. The van der Waals surface area contributed by atoms with Crippen LogP contribution in [0.15, 0.2) is 4.52 Å². The highest BCUT2D eigenvalue weighted by atomic mass is 16.5. The Morgan fingerprint density at radius 1 is 1.35 bits per heavy atom. The van der Waals surface area contributed by atoms with Crippen LogP contribution in [0.3, 0.4) is 0 Å². The quantitative estimate of drug-likeness (QED) is 0.865. The molecular weight excluding hydrogens is 216 g/mol. The molecule has 0 aromatic carbocycles. The molecule has 2 rings (SSSR count). The average molecular weight is 238 g/mol. The smallest absolute Gasteiger partial charge is 0.265 e. The molecule has 5 heteroatoms. The van der Waals surface area contributed by atoms with Gasteiger partial charge < -0.3 is 15.2 Å². The third kappa shape index (κ3) is 2.77. The molecule has 0 radical (unpaired) electrons. The molecule has 1 aliphatic carbocycles. The lowest BCUT2D eigenvalue weighted by Gasteiger charge is -2.24. The van der Waals surface area contributed by atoms with E-state index in [0.717, 1.165) is 31.8 Å². The molecule has 0 amide bonds. The number of rotatable bonds is 4.